The molecule has 1 saturated heterocycles. The molecule has 0 saturated carbocycles. The summed E-state index contributed by atoms with van der Waals surface area (Å²) in [6.07, 6.45) is 1.50. The molecule has 0 spiro atoms. The standard InChI is InChI=1S/C20H25N3O4/c1-3-21(4-2)18(25)14-8-7-11-22(12-14)17(24)13-23-19(26)15-9-5-6-10-16(15)20(23)27/h5-6,9-10,14H,3-4,7-8,11-13H2,1-2H3/t14-/m0/s1. The van der Waals surface area contributed by atoms with E-state index in [9.17, 15) is 19.2 Å². The normalized spacial score (nSPS) is 19.3. The summed E-state index contributed by atoms with van der Waals surface area (Å²) >= 11 is 0. The highest BCUT2D eigenvalue weighted by atomic mass is 16.2. The number of hydrogen-bond donors (Lipinski definition) is 0. The first-order valence-electron chi connectivity index (χ1n) is 9.49. The maximum atomic E-state index is 12.7. The molecule has 3 rings (SSSR count). The average Bonchev–Trinajstić information content (AvgIpc) is 2.94. The molecule has 1 fully saturated rings. The number of likely N-dealkylation sites (tertiary alicyclic amines) is 1. The van der Waals surface area contributed by atoms with Crippen molar-refractivity contribution in [1.82, 2.24) is 14.7 Å². The van der Waals surface area contributed by atoms with Crippen molar-refractivity contribution in [3.63, 3.8) is 0 Å². The molecule has 0 unspecified atom stereocenters. The van der Waals surface area contributed by atoms with Crippen LogP contribution in [0.4, 0.5) is 0 Å². The van der Waals surface area contributed by atoms with Gasteiger partial charge in [-0.1, -0.05) is 12.1 Å². The summed E-state index contributed by atoms with van der Waals surface area (Å²) in [6, 6.07) is 6.59. The average molecular weight is 371 g/mol. The number of imide groups is 1. The van der Waals surface area contributed by atoms with Crippen LogP contribution in [0.1, 0.15) is 47.4 Å². The van der Waals surface area contributed by atoms with Crippen molar-refractivity contribution in [3.8, 4) is 0 Å². The minimum Gasteiger partial charge on any atom is -0.343 e. The fourth-order valence-corrected chi connectivity index (χ4v) is 3.82. The van der Waals surface area contributed by atoms with Crippen molar-refractivity contribution in [2.75, 3.05) is 32.7 Å². The van der Waals surface area contributed by atoms with Crippen LogP contribution in [0, 0.1) is 5.92 Å². The Balaban J connectivity index is 1.66. The molecule has 7 heteroatoms. The Morgan fingerprint density at radius 2 is 1.67 bits per heavy atom. The topological polar surface area (TPSA) is 78.0 Å². The second-order valence-corrected chi connectivity index (χ2v) is 6.93. The Kier molecular flexibility index (Phi) is 5.58. The third kappa shape index (κ3) is 3.59. The molecule has 0 bridgehead atoms. The monoisotopic (exact) mass is 371 g/mol. The molecule has 2 aliphatic rings. The lowest BCUT2D eigenvalue weighted by molar-refractivity contribution is -0.140. The van der Waals surface area contributed by atoms with Crippen LogP contribution < -0.4 is 0 Å². The number of benzene rings is 1. The van der Waals surface area contributed by atoms with Gasteiger partial charge in [-0.05, 0) is 38.8 Å². The molecule has 0 radical (unpaired) electrons. The van der Waals surface area contributed by atoms with Crippen LogP contribution in [0.2, 0.25) is 0 Å². The van der Waals surface area contributed by atoms with E-state index in [0.717, 1.165) is 17.7 Å². The third-order valence-electron chi connectivity index (χ3n) is 5.37. The molecule has 4 amide bonds. The fourth-order valence-electron chi connectivity index (χ4n) is 3.82. The van der Waals surface area contributed by atoms with Gasteiger partial charge in [-0.25, -0.2) is 0 Å². The summed E-state index contributed by atoms with van der Waals surface area (Å²) in [5.41, 5.74) is 0.673. The molecular formula is C20H25N3O4. The van der Waals surface area contributed by atoms with Crippen LogP contribution in [-0.4, -0.2) is 71.1 Å². The van der Waals surface area contributed by atoms with E-state index in [4.69, 9.17) is 0 Å². The van der Waals surface area contributed by atoms with E-state index in [-0.39, 0.29) is 24.3 Å². The van der Waals surface area contributed by atoms with E-state index in [2.05, 4.69) is 0 Å². The largest absolute Gasteiger partial charge is 0.343 e. The number of rotatable bonds is 5. The van der Waals surface area contributed by atoms with Crippen molar-refractivity contribution in [1.29, 1.82) is 0 Å². The molecule has 2 heterocycles. The summed E-state index contributed by atoms with van der Waals surface area (Å²) in [6.45, 7) is 5.79. The number of carbonyl (C=O) groups excluding carboxylic acids is 4. The number of carbonyl (C=O) groups is 4. The van der Waals surface area contributed by atoms with Gasteiger partial charge >= 0.3 is 0 Å². The second-order valence-electron chi connectivity index (χ2n) is 6.93. The van der Waals surface area contributed by atoms with Crippen molar-refractivity contribution in [2.45, 2.75) is 26.7 Å². The lowest BCUT2D eigenvalue weighted by Crippen LogP contribution is -2.49. The Bertz CT molecular complexity index is 737. The minimum atomic E-state index is -0.434. The SMILES string of the molecule is CCN(CC)C(=O)[C@H]1CCCN(C(=O)CN2C(=O)c3ccccc3C2=O)C1. The Morgan fingerprint density at radius 1 is 1.07 bits per heavy atom. The Labute approximate surface area is 158 Å². The van der Waals surface area contributed by atoms with Crippen LogP contribution in [0.15, 0.2) is 24.3 Å². The zero-order chi connectivity index (χ0) is 19.6. The van der Waals surface area contributed by atoms with Crippen molar-refractivity contribution >= 4 is 23.6 Å². The number of fused-ring (bicyclic) bond motifs is 1. The predicted octanol–water partition coefficient (Wildman–Crippen LogP) is 1.39. The first-order chi connectivity index (χ1) is 13.0. The van der Waals surface area contributed by atoms with Gasteiger partial charge < -0.3 is 9.80 Å². The highest BCUT2D eigenvalue weighted by Gasteiger charge is 2.38. The number of amides is 4. The van der Waals surface area contributed by atoms with E-state index in [1.54, 1.807) is 34.1 Å². The molecule has 1 aromatic carbocycles. The smallest absolute Gasteiger partial charge is 0.262 e. The van der Waals surface area contributed by atoms with Gasteiger partial charge in [0.2, 0.25) is 11.8 Å². The van der Waals surface area contributed by atoms with Gasteiger partial charge in [-0.15, -0.1) is 0 Å². The van der Waals surface area contributed by atoms with Crippen LogP contribution in [0.5, 0.6) is 0 Å². The Morgan fingerprint density at radius 3 is 2.22 bits per heavy atom. The van der Waals surface area contributed by atoms with E-state index < -0.39 is 11.8 Å². The van der Waals surface area contributed by atoms with E-state index in [0.29, 0.717) is 37.3 Å². The highest BCUT2D eigenvalue weighted by Crippen LogP contribution is 2.24. The molecule has 0 aromatic heterocycles. The summed E-state index contributed by atoms with van der Waals surface area (Å²) in [5.74, 6) is -1.31. The van der Waals surface area contributed by atoms with Gasteiger partial charge in [0.05, 0.1) is 17.0 Å². The van der Waals surface area contributed by atoms with Crippen molar-refractivity contribution in [3.05, 3.63) is 35.4 Å². The molecule has 1 atom stereocenters. The van der Waals surface area contributed by atoms with Gasteiger partial charge in [0.15, 0.2) is 0 Å². The maximum Gasteiger partial charge on any atom is 0.262 e. The molecule has 0 aliphatic carbocycles. The van der Waals surface area contributed by atoms with Crippen molar-refractivity contribution < 1.29 is 19.2 Å². The molecular weight excluding hydrogens is 346 g/mol. The second kappa shape index (κ2) is 7.90. The van der Waals surface area contributed by atoms with Gasteiger partial charge in [-0.2, -0.15) is 0 Å². The van der Waals surface area contributed by atoms with Gasteiger partial charge in [0, 0.05) is 26.2 Å². The Hall–Kier alpha value is -2.70. The summed E-state index contributed by atoms with van der Waals surface area (Å²) in [4.78, 5) is 54.6. The summed E-state index contributed by atoms with van der Waals surface area (Å²) < 4.78 is 0. The van der Waals surface area contributed by atoms with Crippen LogP contribution in [0.25, 0.3) is 0 Å². The van der Waals surface area contributed by atoms with E-state index in [1.165, 1.54) is 0 Å². The van der Waals surface area contributed by atoms with Gasteiger partial charge in [0.25, 0.3) is 11.8 Å². The summed E-state index contributed by atoms with van der Waals surface area (Å²) in [7, 11) is 0. The predicted molar refractivity (Wildman–Crippen MR) is 99.0 cm³/mol. The van der Waals surface area contributed by atoms with Gasteiger partial charge in [0.1, 0.15) is 6.54 Å². The first-order valence-corrected chi connectivity index (χ1v) is 9.49. The van der Waals surface area contributed by atoms with Crippen molar-refractivity contribution in [2.24, 2.45) is 5.92 Å². The number of nitrogens with zero attached hydrogens (tertiary/aromatic N) is 3. The first kappa shape index (κ1) is 19.1. The zero-order valence-corrected chi connectivity index (χ0v) is 15.8. The van der Waals surface area contributed by atoms with E-state index >= 15 is 0 Å². The lowest BCUT2D eigenvalue weighted by atomic mass is 9.96. The molecule has 1 aromatic rings. The zero-order valence-electron chi connectivity index (χ0n) is 15.8. The third-order valence-corrected chi connectivity index (χ3v) is 5.37. The van der Waals surface area contributed by atoms with Crippen LogP contribution in [-0.2, 0) is 9.59 Å². The van der Waals surface area contributed by atoms with Crippen LogP contribution in [0.3, 0.4) is 0 Å². The molecule has 27 heavy (non-hydrogen) atoms. The highest BCUT2D eigenvalue weighted by molar-refractivity contribution is 6.22. The lowest BCUT2D eigenvalue weighted by Gasteiger charge is -2.35. The molecule has 144 valence electrons. The minimum absolute atomic E-state index is 0.0678. The number of piperidine rings is 1. The van der Waals surface area contributed by atoms with Crippen LogP contribution >= 0.6 is 0 Å². The van der Waals surface area contributed by atoms with E-state index in [1.807, 2.05) is 13.8 Å². The fraction of sp³-hybridized carbons (Fsp3) is 0.500. The molecule has 2 aliphatic heterocycles. The maximum absolute atomic E-state index is 12.7. The molecule has 7 nitrogen and oxygen atoms in total. The molecule has 0 N–H and O–H groups in total. The summed E-state index contributed by atoms with van der Waals surface area (Å²) in [5, 5.41) is 0. The quantitative estimate of drug-likeness (QED) is 0.733. The number of hydrogen-bond acceptors (Lipinski definition) is 4. The van der Waals surface area contributed by atoms with Gasteiger partial charge in [-0.3, -0.25) is 24.1 Å².